The third kappa shape index (κ3) is 2.06. The third-order valence-corrected chi connectivity index (χ3v) is 5.12. The van der Waals surface area contributed by atoms with Gasteiger partial charge in [0.1, 0.15) is 10.6 Å². The van der Waals surface area contributed by atoms with E-state index in [1.165, 1.54) is 17.7 Å². The van der Waals surface area contributed by atoms with Gasteiger partial charge >= 0.3 is 0 Å². The van der Waals surface area contributed by atoms with Gasteiger partial charge in [0, 0.05) is 17.0 Å². The van der Waals surface area contributed by atoms with Gasteiger partial charge in [0.15, 0.2) is 0 Å². The molecule has 0 radical (unpaired) electrons. The molecule has 5 heteroatoms. The van der Waals surface area contributed by atoms with E-state index >= 15 is 0 Å². The molecule has 102 valence electrons. The summed E-state index contributed by atoms with van der Waals surface area (Å²) < 4.78 is 0. The molecule has 4 nitrogen and oxygen atoms in total. The Bertz CT molecular complexity index is 617. The summed E-state index contributed by atoms with van der Waals surface area (Å²) in [5, 5.41) is 1.16. The van der Waals surface area contributed by atoms with E-state index in [0.29, 0.717) is 5.95 Å². The molecule has 3 rings (SSSR count). The Kier molecular flexibility index (Phi) is 2.89. The number of nitrogens with zero attached hydrogens (tertiary/aromatic N) is 3. The number of hydrogen-bond donors (Lipinski definition) is 1. The minimum absolute atomic E-state index is 0.155. The number of thiophene rings is 1. The highest BCUT2D eigenvalue weighted by atomic mass is 32.1. The van der Waals surface area contributed by atoms with Crippen molar-refractivity contribution in [2.45, 2.75) is 45.6 Å². The Balaban J connectivity index is 2.19. The quantitative estimate of drug-likeness (QED) is 0.915. The van der Waals surface area contributed by atoms with Crippen LogP contribution in [0.25, 0.3) is 10.2 Å². The number of nitrogen functional groups attached to an aromatic ring is 1. The lowest BCUT2D eigenvalue weighted by molar-refractivity contribution is 0.515. The van der Waals surface area contributed by atoms with Crippen molar-refractivity contribution in [3.8, 4) is 0 Å². The van der Waals surface area contributed by atoms with Crippen LogP contribution in [-0.2, 0) is 6.42 Å². The van der Waals surface area contributed by atoms with Gasteiger partial charge in [-0.05, 0) is 39.2 Å². The summed E-state index contributed by atoms with van der Waals surface area (Å²) in [4.78, 5) is 13.7. The Hall–Kier alpha value is -1.36. The van der Waals surface area contributed by atoms with Gasteiger partial charge in [0.2, 0.25) is 5.95 Å². The number of aromatic nitrogens is 2. The Labute approximate surface area is 117 Å². The molecule has 0 atom stereocenters. The van der Waals surface area contributed by atoms with E-state index < -0.39 is 0 Å². The lowest BCUT2D eigenvalue weighted by Crippen LogP contribution is -2.38. The van der Waals surface area contributed by atoms with Gasteiger partial charge in [-0.1, -0.05) is 6.92 Å². The van der Waals surface area contributed by atoms with E-state index in [9.17, 15) is 0 Å². The van der Waals surface area contributed by atoms with Crippen molar-refractivity contribution < 1.29 is 0 Å². The van der Waals surface area contributed by atoms with Crippen LogP contribution in [0.3, 0.4) is 0 Å². The molecule has 0 aromatic carbocycles. The summed E-state index contributed by atoms with van der Waals surface area (Å²) in [6.07, 6.45) is 3.44. The molecule has 1 aliphatic rings. The lowest BCUT2D eigenvalue weighted by Gasteiger charge is -2.33. The summed E-state index contributed by atoms with van der Waals surface area (Å²) in [6, 6.07) is 2.23. The molecule has 2 N–H and O–H groups in total. The molecule has 3 heterocycles. The smallest absolute Gasteiger partial charge is 0.223 e. The van der Waals surface area contributed by atoms with Crippen molar-refractivity contribution in [3.63, 3.8) is 0 Å². The Morgan fingerprint density at radius 3 is 2.84 bits per heavy atom. The van der Waals surface area contributed by atoms with Crippen LogP contribution in [0.2, 0.25) is 0 Å². The fourth-order valence-electron chi connectivity index (χ4n) is 2.85. The Morgan fingerprint density at radius 2 is 2.21 bits per heavy atom. The first-order chi connectivity index (χ1) is 9.01. The molecular weight excluding hydrogens is 256 g/mol. The molecule has 0 aliphatic carbocycles. The number of anilines is 2. The summed E-state index contributed by atoms with van der Waals surface area (Å²) in [6.45, 7) is 7.77. The summed E-state index contributed by atoms with van der Waals surface area (Å²) in [5.41, 5.74) is 6.04. The SMILES string of the molecule is CCc1cc2c(N3CCCC3(C)C)nc(N)nc2s1. The van der Waals surface area contributed by atoms with Crippen molar-refractivity contribution in [2.24, 2.45) is 0 Å². The van der Waals surface area contributed by atoms with Gasteiger partial charge in [-0.15, -0.1) is 11.3 Å². The first-order valence-electron chi connectivity index (χ1n) is 6.85. The monoisotopic (exact) mass is 276 g/mol. The van der Waals surface area contributed by atoms with Crippen LogP contribution in [0, 0.1) is 0 Å². The first kappa shape index (κ1) is 12.7. The standard InChI is InChI=1S/C14H20N4S/c1-4-9-8-10-11(16-13(15)17-12(10)19-9)18-7-5-6-14(18,2)3/h8H,4-7H2,1-3H3,(H2,15,16,17). The predicted octanol–water partition coefficient (Wildman–Crippen LogP) is 3.21. The van der Waals surface area contributed by atoms with Crippen LogP contribution in [-0.4, -0.2) is 22.1 Å². The maximum atomic E-state index is 5.89. The van der Waals surface area contributed by atoms with Gasteiger partial charge in [-0.2, -0.15) is 4.98 Å². The van der Waals surface area contributed by atoms with E-state index in [2.05, 4.69) is 41.7 Å². The van der Waals surface area contributed by atoms with E-state index in [0.717, 1.165) is 29.0 Å². The summed E-state index contributed by atoms with van der Waals surface area (Å²) in [5.74, 6) is 1.40. The molecular formula is C14H20N4S. The molecule has 1 saturated heterocycles. The second-order valence-electron chi connectivity index (χ2n) is 5.76. The zero-order valence-electron chi connectivity index (χ0n) is 11.7. The van der Waals surface area contributed by atoms with Crippen molar-refractivity contribution in [2.75, 3.05) is 17.2 Å². The average molecular weight is 276 g/mol. The maximum Gasteiger partial charge on any atom is 0.223 e. The number of aryl methyl sites for hydroxylation is 1. The number of fused-ring (bicyclic) bond motifs is 1. The fourth-order valence-corrected chi connectivity index (χ4v) is 3.82. The van der Waals surface area contributed by atoms with Gasteiger partial charge in [0.25, 0.3) is 0 Å². The number of nitrogens with two attached hydrogens (primary N) is 1. The molecule has 1 aliphatic heterocycles. The van der Waals surface area contributed by atoms with Crippen molar-refractivity contribution in [1.29, 1.82) is 0 Å². The second kappa shape index (κ2) is 4.34. The minimum atomic E-state index is 0.155. The molecule has 0 saturated carbocycles. The van der Waals surface area contributed by atoms with Crippen LogP contribution >= 0.6 is 11.3 Å². The molecule has 1 fully saturated rings. The van der Waals surface area contributed by atoms with Crippen LogP contribution in [0.4, 0.5) is 11.8 Å². The lowest BCUT2D eigenvalue weighted by atomic mass is 10.0. The Morgan fingerprint density at radius 1 is 1.42 bits per heavy atom. The molecule has 19 heavy (non-hydrogen) atoms. The molecule has 0 amide bonds. The molecule has 0 unspecified atom stereocenters. The fraction of sp³-hybridized carbons (Fsp3) is 0.571. The first-order valence-corrected chi connectivity index (χ1v) is 7.66. The minimum Gasteiger partial charge on any atom is -0.368 e. The van der Waals surface area contributed by atoms with E-state index in [1.807, 2.05) is 0 Å². The topological polar surface area (TPSA) is 55.0 Å². The summed E-state index contributed by atoms with van der Waals surface area (Å²) >= 11 is 1.73. The van der Waals surface area contributed by atoms with Crippen LogP contribution in [0.5, 0.6) is 0 Å². The molecule has 0 spiro atoms. The molecule has 0 bridgehead atoms. The van der Waals surface area contributed by atoms with Crippen LogP contribution in [0.15, 0.2) is 6.07 Å². The van der Waals surface area contributed by atoms with Gasteiger partial charge < -0.3 is 10.6 Å². The highest BCUT2D eigenvalue weighted by Gasteiger charge is 2.34. The van der Waals surface area contributed by atoms with Gasteiger partial charge in [0.05, 0.1) is 5.39 Å². The van der Waals surface area contributed by atoms with Crippen molar-refractivity contribution in [3.05, 3.63) is 10.9 Å². The van der Waals surface area contributed by atoms with Gasteiger partial charge in [-0.25, -0.2) is 4.98 Å². The third-order valence-electron chi connectivity index (χ3n) is 3.95. The average Bonchev–Trinajstić information content (AvgIpc) is 2.90. The highest BCUT2D eigenvalue weighted by Crippen LogP contribution is 2.38. The van der Waals surface area contributed by atoms with E-state index in [4.69, 9.17) is 5.73 Å². The largest absolute Gasteiger partial charge is 0.368 e. The van der Waals surface area contributed by atoms with Crippen LogP contribution < -0.4 is 10.6 Å². The zero-order valence-corrected chi connectivity index (χ0v) is 12.5. The maximum absolute atomic E-state index is 5.89. The van der Waals surface area contributed by atoms with Crippen molar-refractivity contribution in [1.82, 2.24) is 9.97 Å². The number of rotatable bonds is 2. The molecule has 2 aromatic rings. The van der Waals surface area contributed by atoms with Gasteiger partial charge in [-0.3, -0.25) is 0 Å². The van der Waals surface area contributed by atoms with Crippen LogP contribution in [0.1, 0.15) is 38.5 Å². The summed E-state index contributed by atoms with van der Waals surface area (Å²) in [7, 11) is 0. The highest BCUT2D eigenvalue weighted by molar-refractivity contribution is 7.18. The number of hydrogen-bond acceptors (Lipinski definition) is 5. The normalized spacial score (nSPS) is 18.4. The van der Waals surface area contributed by atoms with Crippen molar-refractivity contribution >= 4 is 33.3 Å². The van der Waals surface area contributed by atoms with E-state index in [-0.39, 0.29) is 5.54 Å². The molecule has 2 aromatic heterocycles. The second-order valence-corrected chi connectivity index (χ2v) is 6.87. The van der Waals surface area contributed by atoms with E-state index in [1.54, 1.807) is 11.3 Å². The zero-order chi connectivity index (χ0) is 13.6. The predicted molar refractivity (Wildman–Crippen MR) is 81.9 cm³/mol.